The fraction of sp³-hybridized carbons (Fsp3) is 0.250. The average Bonchev–Trinajstić information content (AvgIpc) is 2.62. The Morgan fingerprint density at radius 1 is 1.38 bits per heavy atom. The number of nitriles is 1. The first kappa shape index (κ1) is 18.8. The van der Waals surface area contributed by atoms with E-state index in [0.717, 1.165) is 4.57 Å². The minimum Gasteiger partial charge on any atom is -0.493 e. The van der Waals surface area contributed by atoms with Crippen LogP contribution in [-0.2, 0) is 6.54 Å². The van der Waals surface area contributed by atoms with Gasteiger partial charge in [0.05, 0.1) is 10.6 Å². The SMILES string of the molecule is Cc1c(C#N)c(O)n(CCCO)c(=O)c1N=Nc1cccc([N+](=O)[O-])c1. The topological polar surface area (TPSA) is 154 Å². The Balaban J connectivity index is 2.55. The molecule has 2 rings (SSSR count). The van der Waals surface area contributed by atoms with Crippen molar-refractivity contribution in [2.75, 3.05) is 6.61 Å². The molecule has 26 heavy (non-hydrogen) atoms. The summed E-state index contributed by atoms with van der Waals surface area (Å²) in [6, 6.07) is 7.19. The number of nitrogens with zero attached hydrogens (tertiary/aromatic N) is 5. The molecule has 0 radical (unpaired) electrons. The molecule has 0 spiro atoms. The van der Waals surface area contributed by atoms with Gasteiger partial charge in [0.1, 0.15) is 11.6 Å². The Hall–Kier alpha value is -3.58. The van der Waals surface area contributed by atoms with Crippen molar-refractivity contribution in [3.63, 3.8) is 0 Å². The molecule has 2 aromatic rings. The second-order valence-electron chi connectivity index (χ2n) is 5.29. The Bertz CT molecular complexity index is 974. The monoisotopic (exact) mass is 357 g/mol. The van der Waals surface area contributed by atoms with Gasteiger partial charge in [0.2, 0.25) is 5.88 Å². The molecule has 10 nitrogen and oxygen atoms in total. The lowest BCUT2D eigenvalue weighted by Crippen LogP contribution is -2.22. The molecule has 1 aromatic heterocycles. The minimum atomic E-state index is -0.679. The van der Waals surface area contributed by atoms with E-state index in [0.29, 0.717) is 0 Å². The van der Waals surface area contributed by atoms with Gasteiger partial charge in [-0.3, -0.25) is 19.5 Å². The first-order valence-electron chi connectivity index (χ1n) is 7.54. The van der Waals surface area contributed by atoms with Crippen LogP contribution < -0.4 is 5.56 Å². The molecule has 1 heterocycles. The highest BCUT2D eigenvalue weighted by molar-refractivity contribution is 5.57. The van der Waals surface area contributed by atoms with E-state index in [4.69, 9.17) is 5.11 Å². The molecule has 134 valence electrons. The maximum Gasteiger partial charge on any atom is 0.281 e. The maximum absolute atomic E-state index is 12.5. The molecule has 0 aliphatic rings. The van der Waals surface area contributed by atoms with Gasteiger partial charge in [-0.2, -0.15) is 10.4 Å². The summed E-state index contributed by atoms with van der Waals surface area (Å²) in [5.74, 6) is -0.502. The second kappa shape index (κ2) is 8.00. The van der Waals surface area contributed by atoms with Crippen molar-refractivity contribution < 1.29 is 15.1 Å². The van der Waals surface area contributed by atoms with Gasteiger partial charge in [0, 0.05) is 30.8 Å². The van der Waals surface area contributed by atoms with Crippen LogP contribution in [0.5, 0.6) is 5.88 Å². The molecule has 0 atom stereocenters. The van der Waals surface area contributed by atoms with E-state index in [1.807, 2.05) is 6.07 Å². The number of nitro groups is 1. The first-order valence-corrected chi connectivity index (χ1v) is 7.54. The van der Waals surface area contributed by atoms with Gasteiger partial charge in [-0.15, -0.1) is 5.11 Å². The number of benzene rings is 1. The molecule has 0 unspecified atom stereocenters. The standard InChI is InChI=1S/C16H15N5O5/c1-10-13(9-17)15(23)20(6-3-7-22)16(24)14(10)19-18-11-4-2-5-12(8-11)21(25)26/h2,4-5,8,22-23H,3,6-7H2,1H3. The number of hydrogen-bond acceptors (Lipinski definition) is 8. The zero-order chi connectivity index (χ0) is 19.3. The van der Waals surface area contributed by atoms with Crippen LogP contribution in [0.15, 0.2) is 39.3 Å². The Morgan fingerprint density at radius 2 is 2.12 bits per heavy atom. The fourth-order valence-electron chi connectivity index (χ4n) is 2.27. The number of rotatable bonds is 6. The summed E-state index contributed by atoms with van der Waals surface area (Å²) in [7, 11) is 0. The van der Waals surface area contributed by atoms with Crippen LogP contribution in [0.2, 0.25) is 0 Å². The van der Waals surface area contributed by atoms with E-state index >= 15 is 0 Å². The second-order valence-corrected chi connectivity index (χ2v) is 5.29. The van der Waals surface area contributed by atoms with Crippen LogP contribution in [0.1, 0.15) is 17.5 Å². The highest BCUT2D eigenvalue weighted by atomic mass is 16.6. The fourth-order valence-corrected chi connectivity index (χ4v) is 2.27. The molecular formula is C16H15N5O5. The molecule has 1 aromatic carbocycles. The van der Waals surface area contributed by atoms with Crippen LogP contribution in [0.25, 0.3) is 0 Å². The number of azo groups is 1. The van der Waals surface area contributed by atoms with Crippen molar-refractivity contribution in [3.05, 3.63) is 55.9 Å². The Kier molecular flexibility index (Phi) is 5.77. The normalized spacial score (nSPS) is 10.8. The van der Waals surface area contributed by atoms with Gasteiger partial charge < -0.3 is 10.2 Å². The number of nitro benzene ring substituents is 1. The number of aliphatic hydroxyl groups is 1. The number of aromatic hydroxyl groups is 1. The average molecular weight is 357 g/mol. The van der Waals surface area contributed by atoms with Crippen molar-refractivity contribution in [1.29, 1.82) is 5.26 Å². The van der Waals surface area contributed by atoms with Gasteiger partial charge in [0.15, 0.2) is 5.69 Å². The van der Waals surface area contributed by atoms with Crippen molar-refractivity contribution in [2.45, 2.75) is 19.9 Å². The smallest absolute Gasteiger partial charge is 0.281 e. The highest BCUT2D eigenvalue weighted by Crippen LogP contribution is 2.27. The molecule has 0 saturated carbocycles. The van der Waals surface area contributed by atoms with E-state index in [1.54, 1.807) is 0 Å². The summed E-state index contributed by atoms with van der Waals surface area (Å²) in [5, 5.41) is 46.7. The molecule has 10 heteroatoms. The third-order valence-electron chi connectivity index (χ3n) is 3.61. The van der Waals surface area contributed by atoms with Gasteiger partial charge in [-0.05, 0) is 19.4 Å². The van der Waals surface area contributed by atoms with E-state index in [1.165, 1.54) is 31.2 Å². The third-order valence-corrected chi connectivity index (χ3v) is 3.61. The van der Waals surface area contributed by atoms with Gasteiger partial charge >= 0.3 is 0 Å². The number of hydrogen-bond donors (Lipinski definition) is 2. The summed E-state index contributed by atoms with van der Waals surface area (Å²) in [6.45, 7) is 1.24. The summed E-state index contributed by atoms with van der Waals surface area (Å²) < 4.78 is 0.934. The number of non-ortho nitro benzene ring substituents is 1. The molecule has 0 aliphatic carbocycles. The van der Waals surface area contributed by atoms with Crippen LogP contribution in [0, 0.1) is 28.4 Å². The molecule has 2 N–H and O–H groups in total. The molecular weight excluding hydrogens is 342 g/mol. The lowest BCUT2D eigenvalue weighted by atomic mass is 10.1. The van der Waals surface area contributed by atoms with Crippen LogP contribution in [-0.4, -0.2) is 26.3 Å². The van der Waals surface area contributed by atoms with Crippen LogP contribution >= 0.6 is 0 Å². The number of pyridine rings is 1. The van der Waals surface area contributed by atoms with Crippen molar-refractivity contribution in [2.24, 2.45) is 10.2 Å². The molecule has 0 amide bonds. The molecule has 0 fully saturated rings. The highest BCUT2D eigenvalue weighted by Gasteiger charge is 2.19. The predicted octanol–water partition coefficient (Wildman–Crippen LogP) is 2.44. The Morgan fingerprint density at radius 3 is 2.73 bits per heavy atom. The predicted molar refractivity (Wildman–Crippen MR) is 90.8 cm³/mol. The van der Waals surface area contributed by atoms with Gasteiger partial charge in [-0.1, -0.05) is 6.07 Å². The lowest BCUT2D eigenvalue weighted by Gasteiger charge is -2.12. The molecule has 0 aliphatic heterocycles. The molecule has 0 saturated heterocycles. The van der Waals surface area contributed by atoms with E-state index in [-0.39, 0.29) is 47.8 Å². The summed E-state index contributed by atoms with van der Waals surface area (Å²) >= 11 is 0. The van der Waals surface area contributed by atoms with E-state index in [9.17, 15) is 25.3 Å². The Labute approximate surface area is 147 Å². The van der Waals surface area contributed by atoms with Crippen molar-refractivity contribution >= 4 is 17.1 Å². The maximum atomic E-state index is 12.5. The van der Waals surface area contributed by atoms with Crippen LogP contribution in [0.3, 0.4) is 0 Å². The van der Waals surface area contributed by atoms with Crippen LogP contribution in [0.4, 0.5) is 17.1 Å². The van der Waals surface area contributed by atoms with E-state index in [2.05, 4.69) is 10.2 Å². The summed E-state index contributed by atoms with van der Waals surface area (Å²) in [4.78, 5) is 22.7. The largest absolute Gasteiger partial charge is 0.493 e. The van der Waals surface area contributed by atoms with Crippen molar-refractivity contribution in [3.8, 4) is 11.9 Å². The zero-order valence-electron chi connectivity index (χ0n) is 13.8. The minimum absolute atomic E-state index is 0.00451. The van der Waals surface area contributed by atoms with E-state index < -0.39 is 16.4 Å². The number of aromatic nitrogens is 1. The lowest BCUT2D eigenvalue weighted by molar-refractivity contribution is -0.384. The van der Waals surface area contributed by atoms with Gasteiger partial charge in [0.25, 0.3) is 11.2 Å². The number of aliphatic hydroxyl groups excluding tert-OH is 1. The zero-order valence-corrected chi connectivity index (χ0v) is 13.8. The first-order chi connectivity index (χ1) is 12.4. The molecule has 0 bridgehead atoms. The third kappa shape index (κ3) is 3.73. The summed E-state index contributed by atoms with van der Waals surface area (Å²) in [5.41, 5.74) is -0.848. The quantitative estimate of drug-likeness (QED) is 0.459. The summed E-state index contributed by atoms with van der Waals surface area (Å²) in [6.07, 6.45) is 0.197. The van der Waals surface area contributed by atoms with Gasteiger partial charge in [-0.25, -0.2) is 0 Å². The van der Waals surface area contributed by atoms with Crippen molar-refractivity contribution in [1.82, 2.24) is 4.57 Å².